The van der Waals surface area contributed by atoms with Gasteiger partial charge in [0, 0.05) is 36.4 Å². The molecule has 2 atom stereocenters. The van der Waals surface area contributed by atoms with Gasteiger partial charge in [-0.05, 0) is 37.7 Å². The Kier molecular flexibility index (Phi) is 8.41. The van der Waals surface area contributed by atoms with Gasteiger partial charge < -0.3 is 16.4 Å². The lowest BCUT2D eigenvalue weighted by Gasteiger charge is -2.08. The molecule has 1 aliphatic rings. The molecule has 6 nitrogen and oxygen atoms in total. The monoisotopic (exact) mass is 422 g/mol. The number of anilines is 1. The summed E-state index contributed by atoms with van der Waals surface area (Å²) in [5, 5.41) is 8.33. The van der Waals surface area contributed by atoms with Crippen LogP contribution in [-0.4, -0.2) is 29.4 Å². The van der Waals surface area contributed by atoms with Gasteiger partial charge in [-0.3, -0.25) is 9.59 Å². The summed E-state index contributed by atoms with van der Waals surface area (Å²) in [6, 6.07) is 8.40. The third-order valence-corrected chi connectivity index (χ3v) is 5.60. The van der Waals surface area contributed by atoms with E-state index in [1.165, 1.54) is 23.8 Å². The highest BCUT2D eigenvalue weighted by Crippen LogP contribution is 2.28. The number of amides is 2. The van der Waals surface area contributed by atoms with E-state index >= 15 is 0 Å². The number of hydrogen-bond acceptors (Lipinski definition) is 5. The Bertz CT molecular complexity index is 794. The van der Waals surface area contributed by atoms with Crippen molar-refractivity contribution in [2.45, 2.75) is 45.1 Å². The average Bonchev–Trinajstić information content (AvgIpc) is 3.28. The van der Waals surface area contributed by atoms with Crippen LogP contribution >= 0.6 is 23.7 Å². The van der Waals surface area contributed by atoms with E-state index in [2.05, 4.69) is 27.8 Å². The number of halogens is 1. The third kappa shape index (κ3) is 6.29. The van der Waals surface area contributed by atoms with Gasteiger partial charge in [0.1, 0.15) is 0 Å². The Balaban J connectivity index is 0.00000280. The van der Waals surface area contributed by atoms with E-state index in [4.69, 9.17) is 5.73 Å². The fourth-order valence-electron chi connectivity index (χ4n) is 3.32. The van der Waals surface area contributed by atoms with Crippen LogP contribution in [0.5, 0.6) is 0 Å². The van der Waals surface area contributed by atoms with E-state index < -0.39 is 0 Å². The number of rotatable bonds is 7. The quantitative estimate of drug-likeness (QED) is 0.596. The molecule has 0 spiro atoms. The Hall–Kier alpha value is -1.96. The Morgan fingerprint density at radius 2 is 2.00 bits per heavy atom. The molecular formula is C20H27ClN4O2S. The van der Waals surface area contributed by atoms with Crippen LogP contribution in [0.1, 0.15) is 38.2 Å². The number of aryl methyl sites for hydroxylation is 1. The zero-order valence-corrected chi connectivity index (χ0v) is 17.6. The molecule has 1 aliphatic carbocycles. The van der Waals surface area contributed by atoms with Gasteiger partial charge in [-0.15, -0.1) is 23.7 Å². The minimum absolute atomic E-state index is 0. The molecule has 28 heavy (non-hydrogen) atoms. The maximum Gasteiger partial charge on any atom is 0.229 e. The SMILES string of the molecule is CC(=O)NCCCc1ccc(-c2csc(NC(=O)C3CCC(N)C3)n2)cc1.Cl. The number of thiazole rings is 1. The van der Waals surface area contributed by atoms with Crippen LogP contribution < -0.4 is 16.4 Å². The van der Waals surface area contributed by atoms with Gasteiger partial charge in [0.05, 0.1) is 5.69 Å². The van der Waals surface area contributed by atoms with E-state index in [0.29, 0.717) is 11.7 Å². The molecule has 1 saturated carbocycles. The summed E-state index contributed by atoms with van der Waals surface area (Å²) < 4.78 is 0. The van der Waals surface area contributed by atoms with Gasteiger partial charge in [0.15, 0.2) is 5.13 Å². The second kappa shape index (κ2) is 10.5. The molecule has 1 aromatic heterocycles. The van der Waals surface area contributed by atoms with Crippen molar-refractivity contribution < 1.29 is 9.59 Å². The molecule has 0 aliphatic heterocycles. The van der Waals surface area contributed by atoms with E-state index in [-0.39, 0.29) is 36.2 Å². The smallest absolute Gasteiger partial charge is 0.229 e. The first-order valence-corrected chi connectivity index (χ1v) is 10.2. The minimum Gasteiger partial charge on any atom is -0.356 e. The first kappa shape index (κ1) is 22.3. The predicted molar refractivity (Wildman–Crippen MR) is 116 cm³/mol. The van der Waals surface area contributed by atoms with Crippen molar-refractivity contribution >= 4 is 40.7 Å². The van der Waals surface area contributed by atoms with Crippen LogP contribution in [0.4, 0.5) is 5.13 Å². The molecule has 2 unspecified atom stereocenters. The van der Waals surface area contributed by atoms with Gasteiger partial charge in [-0.25, -0.2) is 4.98 Å². The zero-order chi connectivity index (χ0) is 19.2. The van der Waals surface area contributed by atoms with E-state index in [1.54, 1.807) is 0 Å². The number of carbonyl (C=O) groups excluding carboxylic acids is 2. The molecule has 4 N–H and O–H groups in total. The van der Waals surface area contributed by atoms with Gasteiger partial charge in [-0.1, -0.05) is 24.3 Å². The van der Waals surface area contributed by atoms with Crippen LogP contribution in [0.15, 0.2) is 29.6 Å². The molecule has 0 radical (unpaired) electrons. The number of aromatic nitrogens is 1. The van der Waals surface area contributed by atoms with Gasteiger partial charge in [0.25, 0.3) is 0 Å². The van der Waals surface area contributed by atoms with E-state index in [9.17, 15) is 9.59 Å². The highest BCUT2D eigenvalue weighted by molar-refractivity contribution is 7.14. The first-order valence-electron chi connectivity index (χ1n) is 9.37. The number of nitrogens with zero attached hydrogens (tertiary/aromatic N) is 1. The van der Waals surface area contributed by atoms with Crippen LogP contribution in [0.2, 0.25) is 0 Å². The number of benzene rings is 1. The molecule has 152 valence electrons. The average molecular weight is 423 g/mol. The lowest BCUT2D eigenvalue weighted by molar-refractivity contribution is -0.120. The molecule has 3 rings (SSSR count). The number of nitrogens with two attached hydrogens (primary N) is 1. The molecular weight excluding hydrogens is 396 g/mol. The molecule has 8 heteroatoms. The number of hydrogen-bond donors (Lipinski definition) is 3. The van der Waals surface area contributed by atoms with Gasteiger partial charge in [-0.2, -0.15) is 0 Å². The van der Waals surface area contributed by atoms with Gasteiger partial charge in [0.2, 0.25) is 11.8 Å². The van der Waals surface area contributed by atoms with Crippen molar-refractivity contribution in [3.05, 3.63) is 35.2 Å². The zero-order valence-electron chi connectivity index (χ0n) is 15.9. The van der Waals surface area contributed by atoms with E-state index in [0.717, 1.165) is 43.4 Å². The molecule has 2 amide bonds. The molecule has 0 saturated heterocycles. The fraction of sp³-hybridized carbons (Fsp3) is 0.450. The molecule has 1 aromatic carbocycles. The molecule has 1 fully saturated rings. The Morgan fingerprint density at radius 3 is 2.64 bits per heavy atom. The largest absolute Gasteiger partial charge is 0.356 e. The summed E-state index contributed by atoms with van der Waals surface area (Å²) in [4.78, 5) is 27.7. The Labute approximate surface area is 175 Å². The normalized spacial score (nSPS) is 18.4. The molecule has 1 heterocycles. The third-order valence-electron chi connectivity index (χ3n) is 4.84. The molecule has 0 bridgehead atoms. The second-order valence-corrected chi connectivity index (χ2v) is 7.94. The maximum absolute atomic E-state index is 12.3. The van der Waals surface area contributed by atoms with Crippen LogP contribution in [-0.2, 0) is 16.0 Å². The lowest BCUT2D eigenvalue weighted by atomic mass is 10.1. The lowest BCUT2D eigenvalue weighted by Crippen LogP contribution is -2.23. The first-order chi connectivity index (χ1) is 13.0. The predicted octanol–water partition coefficient (Wildman–Crippen LogP) is 3.37. The summed E-state index contributed by atoms with van der Waals surface area (Å²) in [7, 11) is 0. The van der Waals surface area contributed by atoms with Crippen molar-refractivity contribution in [2.24, 2.45) is 11.7 Å². The highest BCUT2D eigenvalue weighted by Gasteiger charge is 2.28. The van der Waals surface area contributed by atoms with Crippen molar-refractivity contribution in [2.75, 3.05) is 11.9 Å². The number of nitrogens with one attached hydrogen (secondary N) is 2. The van der Waals surface area contributed by atoms with Crippen LogP contribution in [0, 0.1) is 5.92 Å². The summed E-state index contributed by atoms with van der Waals surface area (Å²) in [6.07, 6.45) is 4.36. The Morgan fingerprint density at radius 1 is 1.25 bits per heavy atom. The summed E-state index contributed by atoms with van der Waals surface area (Å²) >= 11 is 1.44. The van der Waals surface area contributed by atoms with Crippen molar-refractivity contribution in [1.82, 2.24) is 10.3 Å². The van der Waals surface area contributed by atoms with Crippen molar-refractivity contribution in [3.8, 4) is 11.3 Å². The topological polar surface area (TPSA) is 97.1 Å². The van der Waals surface area contributed by atoms with Crippen LogP contribution in [0.3, 0.4) is 0 Å². The second-order valence-electron chi connectivity index (χ2n) is 7.08. The standard InChI is InChI=1S/C20H26N4O2S.ClH/c1-13(25)22-10-2-3-14-4-6-15(7-5-14)18-12-27-20(23-18)24-19(26)16-8-9-17(21)11-16;/h4-7,12,16-17H,2-3,8-11,21H2,1H3,(H,22,25)(H,23,24,26);1H. The summed E-state index contributed by atoms with van der Waals surface area (Å²) in [6.45, 7) is 2.22. The fourth-order valence-corrected chi connectivity index (χ4v) is 4.05. The van der Waals surface area contributed by atoms with Crippen molar-refractivity contribution in [3.63, 3.8) is 0 Å². The number of carbonyl (C=O) groups is 2. The highest BCUT2D eigenvalue weighted by atomic mass is 35.5. The summed E-state index contributed by atoms with van der Waals surface area (Å²) in [5.41, 5.74) is 9.01. The van der Waals surface area contributed by atoms with Gasteiger partial charge >= 0.3 is 0 Å². The minimum atomic E-state index is 0. The van der Waals surface area contributed by atoms with Crippen molar-refractivity contribution in [1.29, 1.82) is 0 Å². The van der Waals surface area contributed by atoms with E-state index in [1.807, 2.05) is 17.5 Å². The molecule has 2 aromatic rings. The maximum atomic E-state index is 12.3. The van der Waals surface area contributed by atoms with Crippen LogP contribution in [0.25, 0.3) is 11.3 Å². The summed E-state index contributed by atoms with van der Waals surface area (Å²) in [5.74, 6) is 0.0371.